The van der Waals surface area contributed by atoms with Crippen molar-refractivity contribution in [3.8, 4) is 11.5 Å². The molecule has 1 saturated heterocycles. The van der Waals surface area contributed by atoms with Crippen molar-refractivity contribution in [1.29, 1.82) is 0 Å². The second-order valence-electron chi connectivity index (χ2n) is 4.65. The van der Waals surface area contributed by atoms with Gasteiger partial charge in [-0.05, 0) is 31.3 Å². The van der Waals surface area contributed by atoms with Gasteiger partial charge < -0.3 is 19.3 Å². The van der Waals surface area contributed by atoms with Gasteiger partial charge in [0.25, 0.3) is 5.91 Å². The summed E-state index contributed by atoms with van der Waals surface area (Å²) in [6.07, 6.45) is 0. The first-order valence-electron chi connectivity index (χ1n) is 8.42. The van der Waals surface area contributed by atoms with Crippen LogP contribution in [0.5, 0.6) is 11.5 Å². The van der Waals surface area contributed by atoms with Crippen molar-refractivity contribution in [2.45, 2.75) is 27.7 Å². The smallest absolute Gasteiger partial charge is 0.260 e. The lowest BCUT2D eigenvalue weighted by Crippen LogP contribution is -2.48. The van der Waals surface area contributed by atoms with Crippen molar-refractivity contribution in [3.05, 3.63) is 24.3 Å². The summed E-state index contributed by atoms with van der Waals surface area (Å²) in [6.45, 7) is 11.5. The maximum Gasteiger partial charge on any atom is 0.260 e. The normalized spacial score (nSPS) is 13.9. The molecule has 1 aliphatic heterocycles. The summed E-state index contributed by atoms with van der Waals surface area (Å²) in [5, 5.41) is 0. The number of ether oxygens (including phenoxy) is 2. The van der Waals surface area contributed by atoms with Crippen molar-refractivity contribution >= 4 is 5.91 Å². The zero-order chi connectivity index (χ0) is 17.7. The van der Waals surface area contributed by atoms with Gasteiger partial charge in [0.05, 0.1) is 7.11 Å². The molecule has 0 aromatic heterocycles. The summed E-state index contributed by atoms with van der Waals surface area (Å²) in [7, 11) is 3.68. The van der Waals surface area contributed by atoms with Gasteiger partial charge in [-0.25, -0.2) is 0 Å². The number of hydrogen-bond donors (Lipinski definition) is 0. The molecule has 0 saturated carbocycles. The highest BCUT2D eigenvalue weighted by Gasteiger charge is 2.19. The number of piperazine rings is 1. The van der Waals surface area contributed by atoms with E-state index in [1.54, 1.807) is 19.2 Å². The van der Waals surface area contributed by atoms with Crippen molar-refractivity contribution in [1.82, 2.24) is 9.80 Å². The third-order valence-corrected chi connectivity index (χ3v) is 3.28. The molecule has 1 aromatic rings. The first-order chi connectivity index (χ1) is 11.2. The third kappa shape index (κ3) is 7.88. The molecular formula is C18H32N2O3. The fourth-order valence-corrected chi connectivity index (χ4v) is 1.96. The molecule has 0 spiro atoms. The molecule has 0 aliphatic carbocycles. The molecule has 132 valence electrons. The molecule has 0 unspecified atom stereocenters. The zero-order valence-electron chi connectivity index (χ0n) is 15.5. The van der Waals surface area contributed by atoms with Gasteiger partial charge in [0, 0.05) is 26.2 Å². The van der Waals surface area contributed by atoms with Crippen LogP contribution in [-0.2, 0) is 4.79 Å². The summed E-state index contributed by atoms with van der Waals surface area (Å²) < 4.78 is 10.6. The second-order valence-corrected chi connectivity index (χ2v) is 4.65. The summed E-state index contributed by atoms with van der Waals surface area (Å²) in [5.74, 6) is 1.50. The van der Waals surface area contributed by atoms with E-state index in [2.05, 4.69) is 11.9 Å². The van der Waals surface area contributed by atoms with Crippen LogP contribution >= 0.6 is 0 Å². The molecule has 0 atom stereocenters. The Morgan fingerprint density at radius 1 is 0.957 bits per heavy atom. The van der Waals surface area contributed by atoms with Gasteiger partial charge in [-0.15, -0.1) is 0 Å². The van der Waals surface area contributed by atoms with E-state index in [4.69, 9.17) is 9.47 Å². The van der Waals surface area contributed by atoms with Gasteiger partial charge in [-0.1, -0.05) is 27.7 Å². The van der Waals surface area contributed by atoms with Crippen molar-refractivity contribution in [3.63, 3.8) is 0 Å². The molecule has 5 nitrogen and oxygen atoms in total. The number of carbonyl (C=O) groups is 1. The Labute approximate surface area is 141 Å². The lowest BCUT2D eigenvalue weighted by molar-refractivity contribution is -0.134. The van der Waals surface area contributed by atoms with Crippen molar-refractivity contribution in [2.24, 2.45) is 0 Å². The fourth-order valence-electron chi connectivity index (χ4n) is 1.96. The van der Waals surface area contributed by atoms with Gasteiger partial charge in [-0.2, -0.15) is 0 Å². The van der Waals surface area contributed by atoms with E-state index in [0.717, 1.165) is 31.9 Å². The van der Waals surface area contributed by atoms with Crippen LogP contribution in [0.2, 0.25) is 0 Å². The van der Waals surface area contributed by atoms with Crippen LogP contribution in [-0.4, -0.2) is 62.7 Å². The van der Waals surface area contributed by atoms with Gasteiger partial charge in [0.15, 0.2) is 6.61 Å². The van der Waals surface area contributed by atoms with Crippen LogP contribution in [0, 0.1) is 0 Å². The number of nitrogens with zero attached hydrogens (tertiary/aromatic N) is 2. The first kappa shape index (κ1) is 21.2. The Hall–Kier alpha value is -1.75. The molecule has 1 fully saturated rings. The molecule has 0 bridgehead atoms. The van der Waals surface area contributed by atoms with E-state index in [1.165, 1.54) is 0 Å². The monoisotopic (exact) mass is 324 g/mol. The van der Waals surface area contributed by atoms with E-state index >= 15 is 0 Å². The van der Waals surface area contributed by atoms with Crippen LogP contribution in [0.1, 0.15) is 27.7 Å². The van der Waals surface area contributed by atoms with E-state index < -0.39 is 0 Å². The van der Waals surface area contributed by atoms with Crippen LogP contribution in [0.25, 0.3) is 0 Å². The van der Waals surface area contributed by atoms with E-state index in [9.17, 15) is 4.79 Å². The van der Waals surface area contributed by atoms with E-state index in [1.807, 2.05) is 44.7 Å². The number of rotatable bonds is 4. The number of amides is 1. The standard InChI is InChI=1S/C14H20N2O3.2C2H6/c1-15-7-9-16(10-8-15)14(17)11-19-13-5-3-12(18-2)4-6-13;2*1-2/h3-6H,7-11H2,1-2H3;2*1-2H3. The SMILES string of the molecule is CC.CC.COc1ccc(OCC(=O)N2CCN(C)CC2)cc1. The fraction of sp³-hybridized carbons (Fsp3) is 0.611. The molecule has 0 radical (unpaired) electrons. The highest BCUT2D eigenvalue weighted by Crippen LogP contribution is 2.17. The Kier molecular flexibility index (Phi) is 11.8. The number of likely N-dealkylation sites (N-methyl/N-ethyl adjacent to an activating group) is 1. The summed E-state index contributed by atoms with van der Waals surface area (Å²) in [6, 6.07) is 7.23. The van der Waals surface area contributed by atoms with Gasteiger partial charge >= 0.3 is 0 Å². The minimum atomic E-state index is 0.0453. The molecular weight excluding hydrogens is 292 g/mol. The average molecular weight is 324 g/mol. The van der Waals surface area contributed by atoms with E-state index in [-0.39, 0.29) is 12.5 Å². The number of carbonyl (C=O) groups excluding carboxylic acids is 1. The maximum atomic E-state index is 12.0. The van der Waals surface area contributed by atoms with Crippen LogP contribution < -0.4 is 9.47 Å². The molecule has 1 aromatic carbocycles. The van der Waals surface area contributed by atoms with Gasteiger partial charge in [0.2, 0.25) is 0 Å². The van der Waals surface area contributed by atoms with Gasteiger partial charge in [-0.3, -0.25) is 4.79 Å². The molecule has 5 heteroatoms. The minimum Gasteiger partial charge on any atom is -0.497 e. The largest absolute Gasteiger partial charge is 0.497 e. The van der Waals surface area contributed by atoms with Crippen LogP contribution in [0.3, 0.4) is 0 Å². The Morgan fingerprint density at radius 3 is 1.91 bits per heavy atom. The molecule has 1 aliphatic rings. The van der Waals surface area contributed by atoms with Gasteiger partial charge in [0.1, 0.15) is 11.5 Å². The van der Waals surface area contributed by atoms with Crippen LogP contribution in [0.15, 0.2) is 24.3 Å². The Balaban J connectivity index is 0.00000112. The predicted molar refractivity (Wildman–Crippen MR) is 95.3 cm³/mol. The lowest BCUT2D eigenvalue weighted by atomic mass is 10.3. The Bertz CT molecular complexity index is 413. The lowest BCUT2D eigenvalue weighted by Gasteiger charge is -2.32. The van der Waals surface area contributed by atoms with Crippen molar-refractivity contribution in [2.75, 3.05) is 46.9 Å². The summed E-state index contributed by atoms with van der Waals surface area (Å²) >= 11 is 0. The zero-order valence-corrected chi connectivity index (χ0v) is 15.5. The number of benzene rings is 1. The molecule has 1 heterocycles. The van der Waals surface area contributed by atoms with E-state index in [0.29, 0.717) is 5.75 Å². The first-order valence-corrected chi connectivity index (χ1v) is 8.42. The minimum absolute atomic E-state index is 0.0453. The Morgan fingerprint density at radius 2 is 1.43 bits per heavy atom. The van der Waals surface area contributed by atoms with Crippen LogP contribution in [0.4, 0.5) is 0 Å². The topological polar surface area (TPSA) is 42.0 Å². The third-order valence-electron chi connectivity index (χ3n) is 3.28. The predicted octanol–water partition coefficient (Wildman–Crippen LogP) is 2.90. The molecule has 23 heavy (non-hydrogen) atoms. The summed E-state index contributed by atoms with van der Waals surface area (Å²) in [4.78, 5) is 16.0. The summed E-state index contributed by atoms with van der Waals surface area (Å²) in [5.41, 5.74) is 0. The maximum absolute atomic E-state index is 12.0. The molecule has 0 N–H and O–H groups in total. The second kappa shape index (κ2) is 12.8. The number of methoxy groups -OCH3 is 1. The average Bonchev–Trinajstić information content (AvgIpc) is 2.64. The molecule has 1 amide bonds. The number of hydrogen-bond acceptors (Lipinski definition) is 4. The quantitative estimate of drug-likeness (QED) is 0.854. The molecule has 2 rings (SSSR count). The highest BCUT2D eigenvalue weighted by molar-refractivity contribution is 5.77. The highest BCUT2D eigenvalue weighted by atomic mass is 16.5. The van der Waals surface area contributed by atoms with Crippen molar-refractivity contribution < 1.29 is 14.3 Å².